The summed E-state index contributed by atoms with van der Waals surface area (Å²) >= 11 is 3.40. The molecule has 0 aliphatic carbocycles. The van der Waals surface area contributed by atoms with E-state index in [1.54, 1.807) is 24.3 Å². The molecule has 0 radical (unpaired) electrons. The predicted octanol–water partition coefficient (Wildman–Crippen LogP) is 4.01. The lowest BCUT2D eigenvalue weighted by atomic mass is 10.0. The third-order valence-corrected chi connectivity index (χ3v) is 3.71. The molecule has 0 aliphatic rings. The minimum atomic E-state index is -0.291. The van der Waals surface area contributed by atoms with Crippen LogP contribution in [0.2, 0.25) is 0 Å². The number of amides is 1. The van der Waals surface area contributed by atoms with Crippen LogP contribution in [0, 0.1) is 0 Å². The van der Waals surface area contributed by atoms with Gasteiger partial charge < -0.3 is 10.6 Å². The molecule has 24 heavy (non-hydrogen) atoms. The van der Waals surface area contributed by atoms with Crippen LogP contribution in [0.15, 0.2) is 53.0 Å². The van der Waals surface area contributed by atoms with Gasteiger partial charge in [-0.05, 0) is 39.0 Å². The second kappa shape index (κ2) is 7.62. The Morgan fingerprint density at radius 2 is 1.71 bits per heavy atom. The Balaban J connectivity index is 2.19. The first-order chi connectivity index (χ1) is 11.3. The average molecular weight is 389 g/mol. The molecule has 0 unspecified atom stereocenters. The molecule has 0 saturated heterocycles. The van der Waals surface area contributed by atoms with Gasteiger partial charge in [-0.2, -0.15) is 0 Å². The molecule has 1 amide bonds. The second-order valence-corrected chi connectivity index (χ2v) is 7.45. The van der Waals surface area contributed by atoms with Crippen molar-refractivity contribution in [1.29, 1.82) is 0 Å². The van der Waals surface area contributed by atoms with E-state index in [4.69, 9.17) is 0 Å². The number of anilines is 1. The van der Waals surface area contributed by atoms with Crippen LogP contribution in [0.5, 0.6) is 0 Å². The Hall–Kier alpha value is -2.14. The zero-order valence-electron chi connectivity index (χ0n) is 14.0. The van der Waals surface area contributed by atoms with Gasteiger partial charge in [-0.3, -0.25) is 9.59 Å². The van der Waals surface area contributed by atoms with Gasteiger partial charge in [0.05, 0.1) is 6.54 Å². The van der Waals surface area contributed by atoms with Crippen molar-refractivity contribution in [1.82, 2.24) is 5.32 Å². The van der Waals surface area contributed by atoms with Crippen molar-refractivity contribution < 1.29 is 9.59 Å². The molecule has 0 aromatic heterocycles. The van der Waals surface area contributed by atoms with E-state index in [1.165, 1.54) is 0 Å². The van der Waals surface area contributed by atoms with Gasteiger partial charge in [-0.25, -0.2) is 0 Å². The highest BCUT2D eigenvalue weighted by Crippen LogP contribution is 2.24. The van der Waals surface area contributed by atoms with Crippen LogP contribution in [-0.4, -0.2) is 23.8 Å². The number of hydrogen-bond acceptors (Lipinski definition) is 3. The first kappa shape index (κ1) is 18.2. The van der Waals surface area contributed by atoms with E-state index in [9.17, 15) is 9.59 Å². The zero-order valence-corrected chi connectivity index (χ0v) is 15.6. The fraction of sp³-hybridized carbons (Fsp3) is 0.263. The average Bonchev–Trinajstić information content (AvgIpc) is 2.52. The van der Waals surface area contributed by atoms with E-state index in [0.717, 1.165) is 4.47 Å². The third kappa shape index (κ3) is 5.20. The Morgan fingerprint density at radius 3 is 2.33 bits per heavy atom. The molecule has 2 aromatic rings. The maximum absolute atomic E-state index is 12.7. The number of nitrogens with one attached hydrogen (secondary N) is 2. The van der Waals surface area contributed by atoms with E-state index in [-0.39, 0.29) is 23.8 Å². The predicted molar refractivity (Wildman–Crippen MR) is 100 cm³/mol. The lowest BCUT2D eigenvalue weighted by Crippen LogP contribution is -2.43. The van der Waals surface area contributed by atoms with E-state index in [0.29, 0.717) is 16.8 Å². The number of rotatable bonds is 5. The van der Waals surface area contributed by atoms with Crippen LogP contribution in [-0.2, 0) is 4.79 Å². The summed E-state index contributed by atoms with van der Waals surface area (Å²) in [5, 5.41) is 5.95. The quantitative estimate of drug-likeness (QED) is 0.760. The minimum absolute atomic E-state index is 0.0874. The van der Waals surface area contributed by atoms with E-state index >= 15 is 0 Å². The molecule has 0 fully saturated rings. The lowest BCUT2D eigenvalue weighted by molar-refractivity contribution is -0.120. The highest BCUT2D eigenvalue weighted by atomic mass is 79.9. The van der Waals surface area contributed by atoms with Crippen LogP contribution in [0.25, 0.3) is 0 Å². The maximum Gasteiger partial charge on any atom is 0.239 e. The smallest absolute Gasteiger partial charge is 0.239 e. The molecule has 0 atom stereocenters. The minimum Gasteiger partial charge on any atom is -0.376 e. The van der Waals surface area contributed by atoms with Crippen molar-refractivity contribution in [2.75, 3.05) is 11.9 Å². The number of carbonyl (C=O) groups is 2. The Bertz CT molecular complexity index is 737. The maximum atomic E-state index is 12.7. The summed E-state index contributed by atoms with van der Waals surface area (Å²) in [6.07, 6.45) is 0. The normalized spacial score (nSPS) is 11.0. The standard InChI is InChI=1S/C19H21BrN2O2/c1-19(2,3)22-17(23)12-21-16-10-9-14(20)11-15(16)18(24)13-7-5-4-6-8-13/h4-11,21H,12H2,1-3H3,(H,22,23). The summed E-state index contributed by atoms with van der Waals surface area (Å²) in [4.78, 5) is 24.7. The van der Waals surface area contributed by atoms with E-state index in [2.05, 4.69) is 26.6 Å². The summed E-state index contributed by atoms with van der Waals surface area (Å²) in [6, 6.07) is 14.5. The van der Waals surface area contributed by atoms with Gasteiger partial charge in [0.15, 0.2) is 5.78 Å². The molecule has 126 valence electrons. The topological polar surface area (TPSA) is 58.2 Å². The van der Waals surface area contributed by atoms with Crippen LogP contribution in [0.4, 0.5) is 5.69 Å². The summed E-state index contributed by atoms with van der Waals surface area (Å²) < 4.78 is 0.812. The molecule has 2 N–H and O–H groups in total. The molecule has 5 heteroatoms. The van der Waals surface area contributed by atoms with Crippen molar-refractivity contribution in [2.24, 2.45) is 0 Å². The van der Waals surface area contributed by atoms with Crippen LogP contribution in [0.3, 0.4) is 0 Å². The third-order valence-electron chi connectivity index (χ3n) is 3.22. The van der Waals surface area contributed by atoms with E-state index in [1.807, 2.05) is 45.0 Å². The number of hydrogen-bond donors (Lipinski definition) is 2. The van der Waals surface area contributed by atoms with Gasteiger partial charge in [-0.1, -0.05) is 46.3 Å². The number of benzene rings is 2. The lowest BCUT2D eigenvalue weighted by Gasteiger charge is -2.21. The summed E-state index contributed by atoms with van der Waals surface area (Å²) in [5.74, 6) is -0.209. The molecule has 0 heterocycles. The van der Waals surface area contributed by atoms with Crippen molar-refractivity contribution in [3.05, 3.63) is 64.1 Å². The molecule has 2 aromatic carbocycles. The van der Waals surface area contributed by atoms with Crippen LogP contribution >= 0.6 is 15.9 Å². The molecule has 0 spiro atoms. The molecule has 0 bridgehead atoms. The zero-order chi connectivity index (χ0) is 17.7. The van der Waals surface area contributed by atoms with Gasteiger partial charge in [-0.15, -0.1) is 0 Å². The van der Waals surface area contributed by atoms with Gasteiger partial charge in [0.2, 0.25) is 5.91 Å². The molecular formula is C19H21BrN2O2. The Kier molecular flexibility index (Phi) is 5.78. The monoisotopic (exact) mass is 388 g/mol. The SMILES string of the molecule is CC(C)(C)NC(=O)CNc1ccc(Br)cc1C(=O)c1ccccc1. The van der Waals surface area contributed by atoms with Gasteiger partial charge in [0.1, 0.15) is 0 Å². The first-order valence-electron chi connectivity index (χ1n) is 7.70. The van der Waals surface area contributed by atoms with Gasteiger partial charge in [0.25, 0.3) is 0 Å². The largest absolute Gasteiger partial charge is 0.376 e. The second-order valence-electron chi connectivity index (χ2n) is 6.54. The fourth-order valence-corrected chi connectivity index (χ4v) is 2.60. The summed E-state index contributed by atoms with van der Waals surface area (Å²) in [5.41, 5.74) is 1.48. The fourth-order valence-electron chi connectivity index (χ4n) is 2.24. The Labute approximate surface area is 150 Å². The van der Waals surface area contributed by atoms with Crippen molar-refractivity contribution >= 4 is 33.3 Å². The number of halogens is 1. The van der Waals surface area contributed by atoms with E-state index < -0.39 is 0 Å². The molecule has 4 nitrogen and oxygen atoms in total. The van der Waals surface area contributed by atoms with Crippen molar-refractivity contribution in [3.8, 4) is 0 Å². The van der Waals surface area contributed by atoms with Crippen molar-refractivity contribution in [2.45, 2.75) is 26.3 Å². The Morgan fingerprint density at radius 1 is 1.04 bits per heavy atom. The summed E-state index contributed by atoms with van der Waals surface area (Å²) in [6.45, 7) is 5.88. The number of carbonyl (C=O) groups excluding carboxylic acids is 2. The van der Waals surface area contributed by atoms with Crippen LogP contribution in [0.1, 0.15) is 36.7 Å². The molecule has 0 aliphatic heterocycles. The summed E-state index contributed by atoms with van der Waals surface area (Å²) in [7, 11) is 0. The highest BCUT2D eigenvalue weighted by Gasteiger charge is 2.16. The van der Waals surface area contributed by atoms with Gasteiger partial charge >= 0.3 is 0 Å². The first-order valence-corrected chi connectivity index (χ1v) is 8.50. The number of ketones is 1. The molecule has 0 saturated carbocycles. The molecular weight excluding hydrogens is 368 g/mol. The highest BCUT2D eigenvalue weighted by molar-refractivity contribution is 9.10. The van der Waals surface area contributed by atoms with Crippen molar-refractivity contribution in [3.63, 3.8) is 0 Å². The van der Waals surface area contributed by atoms with Crippen LogP contribution < -0.4 is 10.6 Å². The van der Waals surface area contributed by atoms with Gasteiger partial charge in [0, 0.05) is 26.8 Å². The molecule has 2 rings (SSSR count).